The molecule has 1 aromatic carbocycles. The fourth-order valence-electron chi connectivity index (χ4n) is 2.10. The maximum absolute atomic E-state index is 12.7. The van der Waals surface area contributed by atoms with Crippen molar-refractivity contribution >= 4 is 21.6 Å². The van der Waals surface area contributed by atoms with Crippen LogP contribution in [0, 0.1) is 13.8 Å². The van der Waals surface area contributed by atoms with Gasteiger partial charge >= 0.3 is 0 Å². The van der Waals surface area contributed by atoms with Gasteiger partial charge in [0.1, 0.15) is 0 Å². The van der Waals surface area contributed by atoms with E-state index in [9.17, 15) is 8.42 Å². The largest absolute Gasteiger partial charge is 0.275 e. The van der Waals surface area contributed by atoms with E-state index >= 15 is 0 Å². The number of hydrogen-bond donors (Lipinski definition) is 0. The second-order valence-corrected chi connectivity index (χ2v) is 7.57. The number of rotatable bonds is 4. The van der Waals surface area contributed by atoms with Crippen molar-refractivity contribution in [3.05, 3.63) is 46.2 Å². The zero-order valence-electron chi connectivity index (χ0n) is 12.5. The third-order valence-electron chi connectivity index (χ3n) is 3.31. The standard InChI is InChI=1S/C14H18ClN3O2S/c1-10-6-14(11(2)5-13(10)15)21(19,20)18(4)9-12-7-16-17(3)8-12/h5-8H,9H2,1-4H3. The van der Waals surface area contributed by atoms with Crippen LogP contribution in [0.2, 0.25) is 5.02 Å². The zero-order chi connectivity index (χ0) is 15.8. The Balaban J connectivity index is 2.35. The van der Waals surface area contributed by atoms with Gasteiger partial charge in [0.2, 0.25) is 10.0 Å². The quantitative estimate of drug-likeness (QED) is 0.867. The van der Waals surface area contributed by atoms with Crippen molar-refractivity contribution in [3.63, 3.8) is 0 Å². The Labute approximate surface area is 130 Å². The molecule has 2 rings (SSSR count). The third-order valence-corrected chi connectivity index (χ3v) is 5.66. The monoisotopic (exact) mass is 327 g/mol. The molecule has 0 bridgehead atoms. The molecule has 0 saturated carbocycles. The first-order chi connectivity index (χ1) is 9.71. The molecule has 0 spiro atoms. The first-order valence-electron chi connectivity index (χ1n) is 6.42. The number of aryl methyl sites for hydroxylation is 3. The van der Waals surface area contributed by atoms with Gasteiger partial charge < -0.3 is 0 Å². The van der Waals surface area contributed by atoms with Crippen molar-refractivity contribution in [3.8, 4) is 0 Å². The summed E-state index contributed by atoms with van der Waals surface area (Å²) in [6, 6.07) is 3.30. The highest BCUT2D eigenvalue weighted by molar-refractivity contribution is 7.89. The topological polar surface area (TPSA) is 55.2 Å². The first-order valence-corrected chi connectivity index (χ1v) is 8.24. The Morgan fingerprint density at radius 3 is 2.52 bits per heavy atom. The molecule has 0 aliphatic rings. The summed E-state index contributed by atoms with van der Waals surface area (Å²) in [5.41, 5.74) is 2.23. The van der Waals surface area contributed by atoms with Crippen molar-refractivity contribution in [2.45, 2.75) is 25.3 Å². The Morgan fingerprint density at radius 2 is 1.95 bits per heavy atom. The lowest BCUT2D eigenvalue weighted by molar-refractivity contribution is 0.466. The van der Waals surface area contributed by atoms with Crippen LogP contribution in [0.15, 0.2) is 29.4 Å². The van der Waals surface area contributed by atoms with E-state index in [1.54, 1.807) is 57.2 Å². The molecule has 2 aromatic rings. The third kappa shape index (κ3) is 3.28. The van der Waals surface area contributed by atoms with Crippen molar-refractivity contribution in [2.24, 2.45) is 7.05 Å². The second kappa shape index (κ2) is 5.79. The van der Waals surface area contributed by atoms with E-state index in [1.807, 2.05) is 0 Å². The lowest BCUT2D eigenvalue weighted by Crippen LogP contribution is -2.27. The minimum atomic E-state index is -3.56. The van der Waals surface area contributed by atoms with Crippen LogP contribution in [0.3, 0.4) is 0 Å². The summed E-state index contributed by atoms with van der Waals surface area (Å²) in [5, 5.41) is 4.62. The van der Waals surface area contributed by atoms with Crippen LogP contribution in [-0.4, -0.2) is 29.6 Å². The van der Waals surface area contributed by atoms with Crippen molar-refractivity contribution < 1.29 is 8.42 Å². The summed E-state index contributed by atoms with van der Waals surface area (Å²) in [6.45, 7) is 3.81. The summed E-state index contributed by atoms with van der Waals surface area (Å²) < 4.78 is 28.3. The Hall–Kier alpha value is -1.37. The van der Waals surface area contributed by atoms with E-state index in [4.69, 9.17) is 11.6 Å². The van der Waals surface area contributed by atoms with Crippen LogP contribution in [0.1, 0.15) is 16.7 Å². The molecule has 0 unspecified atom stereocenters. The summed E-state index contributed by atoms with van der Waals surface area (Å²) in [5.74, 6) is 0. The highest BCUT2D eigenvalue weighted by Crippen LogP contribution is 2.26. The molecule has 5 nitrogen and oxygen atoms in total. The number of halogens is 1. The van der Waals surface area contributed by atoms with E-state index in [0.717, 1.165) is 11.1 Å². The molecule has 1 heterocycles. The normalized spacial score (nSPS) is 12.1. The summed E-state index contributed by atoms with van der Waals surface area (Å²) in [7, 11) is -0.203. The van der Waals surface area contributed by atoms with E-state index in [0.29, 0.717) is 10.6 Å². The van der Waals surface area contributed by atoms with Crippen molar-refractivity contribution in [2.75, 3.05) is 7.05 Å². The highest BCUT2D eigenvalue weighted by atomic mass is 35.5. The summed E-state index contributed by atoms with van der Waals surface area (Å²) in [4.78, 5) is 0.288. The van der Waals surface area contributed by atoms with Crippen LogP contribution in [0.5, 0.6) is 0 Å². The van der Waals surface area contributed by atoms with Crippen LogP contribution >= 0.6 is 11.6 Å². The average Bonchev–Trinajstić information content (AvgIpc) is 2.79. The summed E-state index contributed by atoms with van der Waals surface area (Å²) in [6.07, 6.45) is 3.46. The minimum Gasteiger partial charge on any atom is -0.275 e. The molecule has 0 fully saturated rings. The molecule has 7 heteroatoms. The van der Waals surface area contributed by atoms with Gasteiger partial charge in [0.25, 0.3) is 0 Å². The van der Waals surface area contributed by atoms with Gasteiger partial charge in [-0.15, -0.1) is 0 Å². The van der Waals surface area contributed by atoms with Gasteiger partial charge in [-0.25, -0.2) is 8.42 Å². The van der Waals surface area contributed by atoms with Gasteiger partial charge in [-0.2, -0.15) is 9.40 Å². The number of benzene rings is 1. The SMILES string of the molecule is Cc1cc(S(=O)(=O)N(C)Cc2cnn(C)c2)c(C)cc1Cl. The zero-order valence-corrected chi connectivity index (χ0v) is 14.0. The molecule has 21 heavy (non-hydrogen) atoms. The van der Waals surface area contributed by atoms with Gasteiger partial charge in [-0.05, 0) is 37.1 Å². The van der Waals surface area contributed by atoms with Gasteiger partial charge in [-0.3, -0.25) is 4.68 Å². The molecule has 0 atom stereocenters. The van der Waals surface area contributed by atoms with Crippen LogP contribution in [0.25, 0.3) is 0 Å². The fourth-order valence-corrected chi connectivity index (χ4v) is 3.76. The number of aromatic nitrogens is 2. The summed E-state index contributed by atoms with van der Waals surface area (Å²) >= 11 is 6.03. The maximum atomic E-state index is 12.7. The fraction of sp³-hybridized carbons (Fsp3) is 0.357. The molecule has 0 amide bonds. The van der Waals surface area contributed by atoms with Crippen molar-refractivity contribution in [1.29, 1.82) is 0 Å². The predicted molar refractivity (Wildman–Crippen MR) is 82.8 cm³/mol. The predicted octanol–water partition coefficient (Wildman–Crippen LogP) is 2.51. The number of hydrogen-bond acceptors (Lipinski definition) is 3. The van der Waals surface area contributed by atoms with Gasteiger partial charge in [0, 0.05) is 37.4 Å². The molecule has 1 aromatic heterocycles. The number of sulfonamides is 1. The molecule has 114 valence electrons. The van der Waals surface area contributed by atoms with Gasteiger partial charge in [0.05, 0.1) is 11.1 Å². The first kappa shape index (κ1) is 16.0. The van der Waals surface area contributed by atoms with E-state index in [2.05, 4.69) is 5.10 Å². The second-order valence-electron chi connectivity index (χ2n) is 5.15. The highest BCUT2D eigenvalue weighted by Gasteiger charge is 2.24. The molecule has 0 aliphatic carbocycles. The van der Waals surface area contributed by atoms with Gasteiger partial charge in [-0.1, -0.05) is 11.6 Å². The molecule has 0 N–H and O–H groups in total. The van der Waals surface area contributed by atoms with Crippen LogP contribution in [-0.2, 0) is 23.6 Å². The van der Waals surface area contributed by atoms with Crippen LogP contribution < -0.4 is 0 Å². The Bertz CT molecular complexity index is 769. The Morgan fingerprint density at radius 1 is 1.29 bits per heavy atom. The molecule has 0 saturated heterocycles. The average molecular weight is 328 g/mol. The molecule has 0 radical (unpaired) electrons. The van der Waals surface area contributed by atoms with Crippen LogP contribution in [0.4, 0.5) is 0 Å². The smallest absolute Gasteiger partial charge is 0.243 e. The minimum absolute atomic E-state index is 0.275. The van der Waals surface area contributed by atoms with Crippen molar-refractivity contribution in [1.82, 2.24) is 14.1 Å². The molecular weight excluding hydrogens is 310 g/mol. The lowest BCUT2D eigenvalue weighted by Gasteiger charge is -2.18. The maximum Gasteiger partial charge on any atom is 0.243 e. The molecular formula is C14H18ClN3O2S. The molecule has 0 aliphatic heterocycles. The lowest BCUT2D eigenvalue weighted by atomic mass is 10.2. The van der Waals surface area contributed by atoms with Gasteiger partial charge in [0.15, 0.2) is 0 Å². The Kier molecular flexibility index (Phi) is 4.41. The number of nitrogens with zero attached hydrogens (tertiary/aromatic N) is 3. The van der Waals surface area contributed by atoms with E-state index in [-0.39, 0.29) is 11.4 Å². The van der Waals surface area contributed by atoms with E-state index in [1.165, 1.54) is 4.31 Å². The van der Waals surface area contributed by atoms with E-state index < -0.39 is 10.0 Å².